The van der Waals surface area contributed by atoms with Crippen LogP contribution in [-0.4, -0.2) is 52.5 Å². The minimum atomic E-state index is -0.630. The molecule has 2 saturated heterocycles. The highest BCUT2D eigenvalue weighted by Gasteiger charge is 2.70. The van der Waals surface area contributed by atoms with E-state index >= 15 is 0 Å². The zero-order chi connectivity index (χ0) is 22.5. The number of aliphatic hydroxyl groups is 3. The molecule has 2 heterocycles. The van der Waals surface area contributed by atoms with Crippen molar-refractivity contribution in [1.82, 2.24) is 5.32 Å². The third-order valence-electron chi connectivity index (χ3n) is 12.3. The molecule has 32 heavy (non-hydrogen) atoms. The van der Waals surface area contributed by atoms with Crippen molar-refractivity contribution >= 4 is 0 Å². The highest BCUT2D eigenvalue weighted by Crippen LogP contribution is 2.71. The van der Waals surface area contributed by atoms with Gasteiger partial charge in [-0.3, -0.25) is 5.32 Å². The molecule has 4 aliphatic carbocycles. The van der Waals surface area contributed by atoms with Crippen molar-refractivity contribution in [1.29, 1.82) is 0 Å². The first-order valence-electron chi connectivity index (χ1n) is 13.6. The summed E-state index contributed by atoms with van der Waals surface area (Å²) in [6.07, 6.45) is 9.84. The zero-order valence-electron chi connectivity index (χ0n) is 20.3. The number of ether oxygens (including phenoxy) is 1. The van der Waals surface area contributed by atoms with Crippen LogP contribution in [0.4, 0.5) is 0 Å². The highest BCUT2D eigenvalue weighted by molar-refractivity contribution is 5.17. The molecule has 182 valence electrons. The molecule has 6 rings (SSSR count). The molecule has 5 nitrogen and oxygen atoms in total. The Balaban J connectivity index is 1.25. The first-order chi connectivity index (χ1) is 15.2. The van der Waals surface area contributed by atoms with Crippen molar-refractivity contribution in [3.05, 3.63) is 0 Å². The molecule has 6 fully saturated rings. The Morgan fingerprint density at radius 2 is 1.72 bits per heavy atom. The lowest BCUT2D eigenvalue weighted by Crippen LogP contribution is -2.64. The van der Waals surface area contributed by atoms with E-state index in [9.17, 15) is 15.3 Å². The Labute approximate surface area is 193 Å². The van der Waals surface area contributed by atoms with E-state index in [4.69, 9.17) is 4.74 Å². The Kier molecular flexibility index (Phi) is 5.15. The maximum atomic E-state index is 11.1. The largest absolute Gasteiger partial charge is 0.396 e. The molecule has 4 N–H and O–H groups in total. The van der Waals surface area contributed by atoms with Crippen LogP contribution in [0.1, 0.15) is 78.6 Å². The lowest BCUT2D eigenvalue weighted by Gasteiger charge is -2.61. The summed E-state index contributed by atoms with van der Waals surface area (Å²) in [6.45, 7) is 8.30. The molecular formula is C27H45NO4. The first kappa shape index (κ1) is 22.3. The first-order valence-corrected chi connectivity index (χ1v) is 13.6. The van der Waals surface area contributed by atoms with Gasteiger partial charge in [-0.2, -0.15) is 0 Å². The van der Waals surface area contributed by atoms with Crippen LogP contribution in [-0.2, 0) is 4.74 Å². The van der Waals surface area contributed by atoms with E-state index in [0.29, 0.717) is 29.1 Å². The molecule has 0 bridgehead atoms. The third-order valence-corrected chi connectivity index (χ3v) is 12.3. The predicted molar refractivity (Wildman–Crippen MR) is 123 cm³/mol. The molecular weight excluding hydrogens is 402 g/mol. The summed E-state index contributed by atoms with van der Waals surface area (Å²) in [4.78, 5) is 0. The fourth-order valence-electron chi connectivity index (χ4n) is 10.6. The Morgan fingerprint density at radius 3 is 2.47 bits per heavy atom. The van der Waals surface area contributed by atoms with Crippen molar-refractivity contribution in [3.63, 3.8) is 0 Å². The van der Waals surface area contributed by atoms with Gasteiger partial charge in [-0.15, -0.1) is 0 Å². The van der Waals surface area contributed by atoms with Crippen molar-refractivity contribution in [3.8, 4) is 0 Å². The summed E-state index contributed by atoms with van der Waals surface area (Å²) in [7, 11) is 0. The van der Waals surface area contributed by atoms with Gasteiger partial charge in [0.25, 0.3) is 0 Å². The van der Waals surface area contributed by atoms with Gasteiger partial charge in [-0.05, 0) is 104 Å². The molecule has 1 spiro atoms. The fraction of sp³-hybridized carbons (Fsp3) is 1.00. The normalized spacial score (nSPS) is 61.7. The molecule has 0 aromatic carbocycles. The van der Waals surface area contributed by atoms with Crippen LogP contribution in [0.5, 0.6) is 0 Å². The van der Waals surface area contributed by atoms with Gasteiger partial charge in [0.2, 0.25) is 0 Å². The minimum absolute atomic E-state index is 0.0744. The highest BCUT2D eigenvalue weighted by atomic mass is 16.5. The number of rotatable bonds is 1. The molecule has 0 aromatic rings. The van der Waals surface area contributed by atoms with Crippen LogP contribution in [0.25, 0.3) is 0 Å². The lowest BCUT2D eigenvalue weighted by atomic mass is 9.44. The smallest absolute Gasteiger partial charge is 0.148 e. The summed E-state index contributed by atoms with van der Waals surface area (Å²) in [5.41, 5.74) is 0.0750. The Bertz CT molecular complexity index is 747. The standard InChI is InChI=1S/C27H45NO4/c1-15-24-22(32-27(15)23(31)10-16(14-29)13-28-27)12-21-19-5-4-17-11-18(30)6-8-25(17,2)20(19)7-9-26(21,24)3/h15-24,28-31H,4-14H2,1-3H3/t15-,16-,17-,18-,19+,20-,21+,22-,23+,24+,25-,26-,27+/m0/s1. The summed E-state index contributed by atoms with van der Waals surface area (Å²) >= 11 is 0. The summed E-state index contributed by atoms with van der Waals surface area (Å²) in [5, 5.41) is 34.6. The Hall–Kier alpha value is -0.200. The molecule has 0 aromatic heterocycles. The van der Waals surface area contributed by atoms with Crippen LogP contribution in [0, 0.1) is 52.3 Å². The number of hydrogen-bond donors (Lipinski definition) is 4. The summed E-state index contributed by atoms with van der Waals surface area (Å²) in [5.74, 6) is 3.94. The van der Waals surface area contributed by atoms with Crippen molar-refractivity contribution in [2.75, 3.05) is 13.2 Å². The fourth-order valence-corrected chi connectivity index (χ4v) is 10.6. The van der Waals surface area contributed by atoms with Gasteiger partial charge < -0.3 is 20.1 Å². The number of hydrogen-bond acceptors (Lipinski definition) is 5. The maximum absolute atomic E-state index is 11.1. The Morgan fingerprint density at radius 1 is 0.938 bits per heavy atom. The van der Waals surface area contributed by atoms with E-state index in [1.54, 1.807) is 0 Å². The van der Waals surface area contributed by atoms with Crippen molar-refractivity contribution in [2.24, 2.45) is 52.3 Å². The quantitative estimate of drug-likeness (QED) is 0.496. The average Bonchev–Trinajstić information content (AvgIpc) is 3.22. The van der Waals surface area contributed by atoms with Gasteiger partial charge in [0, 0.05) is 19.1 Å². The predicted octanol–water partition coefficient (Wildman–Crippen LogP) is 3.31. The molecule has 0 radical (unpaired) electrons. The van der Waals surface area contributed by atoms with E-state index < -0.39 is 11.8 Å². The van der Waals surface area contributed by atoms with Gasteiger partial charge in [0.15, 0.2) is 0 Å². The lowest BCUT2D eigenvalue weighted by molar-refractivity contribution is -0.183. The molecule has 6 aliphatic rings. The second-order valence-electron chi connectivity index (χ2n) is 13.3. The van der Waals surface area contributed by atoms with Crippen molar-refractivity contribution < 1.29 is 20.1 Å². The monoisotopic (exact) mass is 447 g/mol. The number of fused-ring (bicyclic) bond motifs is 7. The summed E-state index contributed by atoms with van der Waals surface area (Å²) < 4.78 is 6.84. The van der Waals surface area contributed by atoms with Crippen LogP contribution in [0.15, 0.2) is 0 Å². The van der Waals surface area contributed by atoms with Crippen molar-refractivity contribution in [2.45, 2.75) is 103 Å². The second kappa shape index (κ2) is 7.40. The van der Waals surface area contributed by atoms with Crippen LogP contribution < -0.4 is 5.32 Å². The van der Waals surface area contributed by atoms with E-state index in [2.05, 4.69) is 26.1 Å². The SMILES string of the molecule is C[C@H]1[C@@H]2[C@H](C[C@@H]3[C@@H]4CC[C@H]5C[C@@H](O)CC[C@]5(C)[C@H]4CC[C@]23C)O[C@]12NC[C@@H](CO)C[C@H]2O. The van der Waals surface area contributed by atoms with E-state index in [1.807, 2.05) is 0 Å². The van der Waals surface area contributed by atoms with Crippen LogP contribution >= 0.6 is 0 Å². The van der Waals surface area contributed by atoms with Gasteiger partial charge >= 0.3 is 0 Å². The third kappa shape index (κ3) is 2.81. The van der Waals surface area contributed by atoms with Crippen LogP contribution in [0.3, 0.4) is 0 Å². The number of piperidine rings is 1. The average molecular weight is 448 g/mol. The maximum Gasteiger partial charge on any atom is 0.148 e. The molecule has 2 aliphatic heterocycles. The minimum Gasteiger partial charge on any atom is -0.396 e. The molecule has 4 saturated carbocycles. The van der Waals surface area contributed by atoms with Gasteiger partial charge in [-0.1, -0.05) is 20.8 Å². The molecule has 0 amide bonds. The molecule has 5 heteroatoms. The number of nitrogens with one attached hydrogen (secondary N) is 1. The molecule has 13 atom stereocenters. The topological polar surface area (TPSA) is 82.0 Å². The zero-order valence-corrected chi connectivity index (χ0v) is 20.3. The van der Waals surface area contributed by atoms with Gasteiger partial charge in [-0.25, -0.2) is 0 Å². The second-order valence-corrected chi connectivity index (χ2v) is 13.3. The summed E-state index contributed by atoms with van der Waals surface area (Å²) in [6, 6.07) is 0. The molecule has 0 unspecified atom stereocenters. The van der Waals surface area contributed by atoms with Crippen LogP contribution in [0.2, 0.25) is 0 Å². The number of aliphatic hydroxyl groups excluding tert-OH is 3. The van der Waals surface area contributed by atoms with E-state index in [-0.39, 0.29) is 30.7 Å². The van der Waals surface area contributed by atoms with Gasteiger partial charge in [0.1, 0.15) is 5.72 Å². The van der Waals surface area contributed by atoms with E-state index in [0.717, 1.165) is 43.6 Å². The van der Waals surface area contributed by atoms with Gasteiger partial charge in [0.05, 0.1) is 18.3 Å². The van der Waals surface area contributed by atoms with E-state index in [1.165, 1.54) is 32.1 Å².